The van der Waals surface area contributed by atoms with E-state index >= 15 is 0 Å². The van der Waals surface area contributed by atoms with Crippen molar-refractivity contribution in [2.75, 3.05) is 47.5 Å². The molecule has 0 atom stereocenters. The van der Waals surface area contributed by atoms with Crippen molar-refractivity contribution in [2.24, 2.45) is 0 Å². The molecule has 0 aromatic heterocycles. The molecule has 0 saturated heterocycles. The topological polar surface area (TPSA) is 51.8 Å². The van der Waals surface area contributed by atoms with E-state index in [0.29, 0.717) is 0 Å². The number of rotatable bonds is 24. The summed E-state index contributed by atoms with van der Waals surface area (Å²) >= 11 is 0. The molecule has 0 amide bonds. The van der Waals surface area contributed by atoms with Crippen LogP contribution < -0.4 is 10.6 Å². The quantitative estimate of drug-likeness (QED) is 0.155. The highest BCUT2D eigenvalue weighted by molar-refractivity contribution is 6.60. The molecule has 0 heterocycles. The highest BCUT2D eigenvalue weighted by atomic mass is 28.4. The van der Waals surface area contributed by atoms with Crippen LogP contribution in [-0.2, 0) is 13.3 Å². The molecule has 0 aliphatic heterocycles. The first-order chi connectivity index (χ1) is 14.2. The van der Waals surface area contributed by atoms with Gasteiger partial charge < -0.3 is 23.9 Å². The lowest BCUT2D eigenvalue weighted by Gasteiger charge is -2.24. The third-order valence-corrected chi connectivity index (χ3v) is 8.54. The summed E-state index contributed by atoms with van der Waals surface area (Å²) in [6.45, 7) is 6.47. The summed E-state index contributed by atoms with van der Waals surface area (Å²) in [5.74, 6) is 0. The fraction of sp³-hybridized carbons (Fsp3) is 1.00. The Morgan fingerprint density at radius 1 is 0.483 bits per heavy atom. The Morgan fingerprint density at radius 3 is 1.28 bits per heavy atom. The van der Waals surface area contributed by atoms with E-state index in [4.69, 9.17) is 13.3 Å². The number of nitrogens with one attached hydrogen (secondary N) is 2. The molecular formula is C23H52N2O3Si. The van der Waals surface area contributed by atoms with Gasteiger partial charge in [0.1, 0.15) is 0 Å². The maximum absolute atomic E-state index is 5.43. The van der Waals surface area contributed by atoms with Gasteiger partial charge in [-0.3, -0.25) is 0 Å². The van der Waals surface area contributed by atoms with Crippen molar-refractivity contribution in [1.29, 1.82) is 0 Å². The molecule has 0 aliphatic carbocycles. The number of hydrogen-bond donors (Lipinski definition) is 2. The van der Waals surface area contributed by atoms with Crippen LogP contribution in [0.2, 0.25) is 6.04 Å². The summed E-state index contributed by atoms with van der Waals surface area (Å²) in [6, 6.07) is 0.857. The van der Waals surface area contributed by atoms with Gasteiger partial charge in [-0.25, -0.2) is 0 Å². The fourth-order valence-electron chi connectivity index (χ4n) is 3.68. The Labute approximate surface area is 183 Å². The van der Waals surface area contributed by atoms with Gasteiger partial charge in [-0.15, -0.1) is 0 Å². The molecule has 0 spiro atoms. The standard InChI is InChI=1S/C23H52N2O3Si/c1-5-6-7-8-9-10-11-12-13-14-15-16-17-19-24-21-22-25-20-18-23-29(26-2,27-3)28-4/h24-25H,5-23H2,1-4H3. The fourth-order valence-corrected chi connectivity index (χ4v) is 5.40. The summed E-state index contributed by atoms with van der Waals surface area (Å²) in [5, 5.41) is 7.01. The van der Waals surface area contributed by atoms with Crippen LogP contribution in [0.25, 0.3) is 0 Å². The molecule has 0 fully saturated rings. The van der Waals surface area contributed by atoms with E-state index in [1.54, 1.807) is 21.3 Å². The molecule has 0 aliphatic rings. The SMILES string of the molecule is CCCCCCCCCCCCCCCNCCNCCC[Si](OC)(OC)OC. The molecule has 29 heavy (non-hydrogen) atoms. The van der Waals surface area contributed by atoms with Gasteiger partial charge in [0.05, 0.1) is 0 Å². The van der Waals surface area contributed by atoms with Crippen LogP contribution in [0, 0.1) is 0 Å². The van der Waals surface area contributed by atoms with Crippen molar-refractivity contribution in [3.05, 3.63) is 0 Å². The van der Waals surface area contributed by atoms with Crippen LogP contribution in [-0.4, -0.2) is 56.3 Å². The van der Waals surface area contributed by atoms with Crippen LogP contribution in [0.15, 0.2) is 0 Å². The highest BCUT2D eigenvalue weighted by Crippen LogP contribution is 2.14. The monoisotopic (exact) mass is 432 g/mol. The second-order valence-corrected chi connectivity index (χ2v) is 11.2. The van der Waals surface area contributed by atoms with E-state index in [2.05, 4.69) is 17.6 Å². The summed E-state index contributed by atoms with van der Waals surface area (Å²) in [7, 11) is 2.63. The Kier molecular flexibility index (Phi) is 22.7. The van der Waals surface area contributed by atoms with Crippen LogP contribution >= 0.6 is 0 Å². The average Bonchev–Trinajstić information content (AvgIpc) is 2.75. The molecule has 0 aromatic rings. The van der Waals surface area contributed by atoms with E-state index in [-0.39, 0.29) is 0 Å². The van der Waals surface area contributed by atoms with Gasteiger partial charge in [0.15, 0.2) is 0 Å². The minimum Gasteiger partial charge on any atom is -0.377 e. The van der Waals surface area contributed by atoms with Gasteiger partial charge in [-0.1, -0.05) is 84.0 Å². The third kappa shape index (κ3) is 18.5. The van der Waals surface area contributed by atoms with E-state index < -0.39 is 8.80 Å². The molecule has 0 bridgehead atoms. The maximum atomic E-state index is 5.43. The summed E-state index contributed by atoms with van der Waals surface area (Å²) < 4.78 is 16.3. The first-order valence-electron chi connectivity index (χ1n) is 12.3. The predicted octanol–water partition coefficient (Wildman–Crippen LogP) is 5.53. The molecule has 5 nitrogen and oxygen atoms in total. The van der Waals surface area contributed by atoms with Gasteiger partial charge >= 0.3 is 8.80 Å². The summed E-state index contributed by atoms with van der Waals surface area (Å²) in [6.07, 6.45) is 19.4. The molecule has 0 saturated carbocycles. The Hall–Kier alpha value is 0.0169. The minimum atomic E-state index is -2.39. The van der Waals surface area contributed by atoms with Crippen LogP contribution in [0.1, 0.15) is 96.8 Å². The smallest absolute Gasteiger partial charge is 0.377 e. The average molecular weight is 433 g/mol. The van der Waals surface area contributed by atoms with Gasteiger partial charge in [-0.2, -0.15) is 0 Å². The lowest BCUT2D eigenvalue weighted by molar-refractivity contribution is 0.123. The molecule has 0 radical (unpaired) electrons. The summed E-state index contributed by atoms with van der Waals surface area (Å²) in [5.41, 5.74) is 0. The predicted molar refractivity (Wildman–Crippen MR) is 128 cm³/mol. The van der Waals surface area contributed by atoms with Crippen LogP contribution in [0.3, 0.4) is 0 Å². The second-order valence-electron chi connectivity index (χ2n) is 8.14. The zero-order chi connectivity index (χ0) is 21.5. The van der Waals surface area contributed by atoms with E-state index in [1.165, 1.54) is 83.5 Å². The highest BCUT2D eigenvalue weighted by Gasteiger charge is 2.36. The lowest BCUT2D eigenvalue weighted by Crippen LogP contribution is -2.43. The first-order valence-corrected chi connectivity index (χ1v) is 14.2. The minimum absolute atomic E-state index is 0.857. The number of hydrogen-bond acceptors (Lipinski definition) is 5. The van der Waals surface area contributed by atoms with Crippen molar-refractivity contribution in [2.45, 2.75) is 103 Å². The molecule has 0 aromatic carbocycles. The van der Waals surface area contributed by atoms with Gasteiger partial charge in [0.25, 0.3) is 0 Å². The van der Waals surface area contributed by atoms with E-state index in [1.807, 2.05) is 0 Å². The van der Waals surface area contributed by atoms with E-state index in [9.17, 15) is 0 Å². The van der Waals surface area contributed by atoms with Crippen molar-refractivity contribution in [1.82, 2.24) is 10.6 Å². The van der Waals surface area contributed by atoms with Crippen LogP contribution in [0.5, 0.6) is 0 Å². The third-order valence-electron chi connectivity index (χ3n) is 5.71. The normalized spacial score (nSPS) is 12.0. The Morgan fingerprint density at radius 2 is 0.862 bits per heavy atom. The van der Waals surface area contributed by atoms with Gasteiger partial charge in [0.2, 0.25) is 0 Å². The van der Waals surface area contributed by atoms with Gasteiger partial charge in [0, 0.05) is 40.5 Å². The Bertz CT molecular complexity index is 310. The van der Waals surface area contributed by atoms with Crippen molar-refractivity contribution < 1.29 is 13.3 Å². The van der Waals surface area contributed by atoms with Crippen molar-refractivity contribution in [3.63, 3.8) is 0 Å². The summed E-state index contributed by atoms with van der Waals surface area (Å²) in [4.78, 5) is 0. The molecule has 2 N–H and O–H groups in total. The maximum Gasteiger partial charge on any atom is 0.500 e. The molecule has 0 unspecified atom stereocenters. The largest absolute Gasteiger partial charge is 0.500 e. The van der Waals surface area contributed by atoms with E-state index in [0.717, 1.165) is 38.6 Å². The molecule has 176 valence electrons. The van der Waals surface area contributed by atoms with Crippen molar-refractivity contribution >= 4 is 8.80 Å². The van der Waals surface area contributed by atoms with Gasteiger partial charge in [-0.05, 0) is 25.9 Å². The molecule has 6 heteroatoms. The first kappa shape index (κ1) is 29.0. The Balaban J connectivity index is 3.17. The zero-order valence-electron chi connectivity index (χ0n) is 20.2. The van der Waals surface area contributed by atoms with Crippen LogP contribution in [0.4, 0.5) is 0 Å². The molecule has 0 rings (SSSR count). The zero-order valence-corrected chi connectivity index (χ0v) is 21.2. The van der Waals surface area contributed by atoms with Crippen molar-refractivity contribution in [3.8, 4) is 0 Å². The number of unbranched alkanes of at least 4 members (excludes halogenated alkanes) is 12. The molecular weight excluding hydrogens is 380 g/mol. The lowest BCUT2D eigenvalue weighted by atomic mass is 10.0. The second kappa shape index (κ2) is 22.7.